The molecule has 0 fully saturated rings. The number of carbonyl (C=O) groups excluding carboxylic acids is 1. The molecule has 1 aromatic carbocycles. The molecule has 0 aliphatic carbocycles. The molecular formula is C15H22O3Si. The van der Waals surface area contributed by atoms with Crippen molar-refractivity contribution in [2.24, 2.45) is 0 Å². The van der Waals surface area contributed by atoms with Crippen LogP contribution in [0.2, 0.25) is 18.1 Å². The maximum atomic E-state index is 11.8. The van der Waals surface area contributed by atoms with Crippen LogP contribution in [0.1, 0.15) is 26.3 Å². The third kappa shape index (κ3) is 4.56. The molecule has 0 unspecified atom stereocenters. The zero-order chi connectivity index (χ0) is 14.7. The van der Waals surface area contributed by atoms with E-state index in [-0.39, 0.29) is 16.8 Å². The van der Waals surface area contributed by atoms with Crippen molar-refractivity contribution in [3.63, 3.8) is 0 Å². The summed E-state index contributed by atoms with van der Waals surface area (Å²) < 4.78 is 5.61. The van der Waals surface area contributed by atoms with Gasteiger partial charge in [-0.1, -0.05) is 32.9 Å². The fourth-order valence-electron chi connectivity index (χ4n) is 1.19. The highest BCUT2D eigenvalue weighted by Crippen LogP contribution is 2.36. The van der Waals surface area contributed by atoms with Crippen molar-refractivity contribution in [2.75, 3.05) is 0 Å². The molecule has 0 saturated carbocycles. The smallest absolute Gasteiger partial charge is 0.317 e. The Hall–Kier alpha value is -1.55. The average molecular weight is 278 g/mol. The quantitative estimate of drug-likeness (QED) is 0.672. The van der Waals surface area contributed by atoms with Crippen LogP contribution in [0.25, 0.3) is 6.08 Å². The van der Waals surface area contributed by atoms with Crippen molar-refractivity contribution in [3.8, 4) is 5.75 Å². The van der Waals surface area contributed by atoms with E-state index < -0.39 is 8.32 Å². The summed E-state index contributed by atoms with van der Waals surface area (Å²) in [5, 5.41) is 9.18. The van der Waals surface area contributed by atoms with Crippen LogP contribution in [0.15, 0.2) is 30.3 Å². The average Bonchev–Trinajstić information content (AvgIpc) is 2.26. The van der Waals surface area contributed by atoms with E-state index in [0.717, 1.165) is 5.56 Å². The lowest BCUT2D eigenvalue weighted by atomic mass is 10.2. The van der Waals surface area contributed by atoms with Crippen LogP contribution >= 0.6 is 0 Å². The van der Waals surface area contributed by atoms with Crippen LogP contribution in [-0.4, -0.2) is 19.4 Å². The SMILES string of the molecule is CC(C)(C)[Si](C)(C)OC(=O)/C=C/c1ccc(O)cc1. The Labute approximate surface area is 116 Å². The molecule has 1 rings (SSSR count). The van der Waals surface area contributed by atoms with Gasteiger partial charge in [-0.2, -0.15) is 0 Å². The largest absolute Gasteiger partial charge is 0.516 e. The number of rotatable bonds is 3. The molecule has 0 radical (unpaired) electrons. The van der Waals surface area contributed by atoms with Gasteiger partial charge < -0.3 is 9.53 Å². The van der Waals surface area contributed by atoms with Crippen molar-refractivity contribution in [3.05, 3.63) is 35.9 Å². The van der Waals surface area contributed by atoms with Crippen LogP contribution in [0.5, 0.6) is 5.75 Å². The van der Waals surface area contributed by atoms with Crippen molar-refractivity contribution in [2.45, 2.75) is 38.9 Å². The van der Waals surface area contributed by atoms with Gasteiger partial charge in [0.2, 0.25) is 0 Å². The van der Waals surface area contributed by atoms with Gasteiger partial charge in [-0.25, -0.2) is 4.79 Å². The molecule has 0 aliphatic heterocycles. The summed E-state index contributed by atoms with van der Waals surface area (Å²) in [6, 6.07) is 6.65. The van der Waals surface area contributed by atoms with Gasteiger partial charge in [0, 0.05) is 6.08 Å². The first-order valence-electron chi connectivity index (χ1n) is 6.32. The van der Waals surface area contributed by atoms with Gasteiger partial charge in [0.1, 0.15) is 5.75 Å². The molecule has 0 spiro atoms. The lowest BCUT2D eigenvalue weighted by molar-refractivity contribution is -0.129. The van der Waals surface area contributed by atoms with Gasteiger partial charge >= 0.3 is 5.97 Å². The normalized spacial score (nSPS) is 12.7. The maximum absolute atomic E-state index is 11.8. The van der Waals surface area contributed by atoms with Gasteiger partial charge in [-0.15, -0.1) is 0 Å². The first-order chi connectivity index (χ1) is 8.62. The molecule has 0 saturated heterocycles. The number of hydrogen-bond donors (Lipinski definition) is 1. The first-order valence-corrected chi connectivity index (χ1v) is 9.23. The Morgan fingerprint density at radius 3 is 2.21 bits per heavy atom. The minimum Gasteiger partial charge on any atom is -0.516 e. The van der Waals surface area contributed by atoms with E-state index in [1.54, 1.807) is 30.3 Å². The minimum atomic E-state index is -2.06. The molecule has 0 aromatic heterocycles. The summed E-state index contributed by atoms with van der Waals surface area (Å²) in [5.74, 6) is -0.0966. The number of hydrogen-bond acceptors (Lipinski definition) is 3. The Balaban J connectivity index is 2.68. The minimum absolute atomic E-state index is 0.00896. The molecular weight excluding hydrogens is 256 g/mol. The highest BCUT2D eigenvalue weighted by Gasteiger charge is 2.39. The fraction of sp³-hybridized carbons (Fsp3) is 0.400. The van der Waals surface area contributed by atoms with Crippen LogP contribution in [0.4, 0.5) is 0 Å². The predicted octanol–water partition coefficient (Wildman–Crippen LogP) is 3.95. The summed E-state index contributed by atoms with van der Waals surface area (Å²) in [5.41, 5.74) is 0.852. The standard InChI is InChI=1S/C15H22O3Si/c1-15(2,3)19(4,5)18-14(17)11-8-12-6-9-13(16)10-7-12/h6-11,16H,1-5H3/b11-8+. The Kier molecular flexibility index (Phi) is 4.58. The maximum Gasteiger partial charge on any atom is 0.317 e. The van der Waals surface area contributed by atoms with Crippen molar-refractivity contribution in [1.82, 2.24) is 0 Å². The first kappa shape index (κ1) is 15.5. The van der Waals surface area contributed by atoms with Crippen LogP contribution < -0.4 is 0 Å². The lowest BCUT2D eigenvalue weighted by Crippen LogP contribution is -2.42. The van der Waals surface area contributed by atoms with E-state index in [1.165, 1.54) is 6.08 Å². The van der Waals surface area contributed by atoms with Gasteiger partial charge in [0.05, 0.1) is 0 Å². The number of phenolic OH excluding ortho intramolecular Hbond substituents is 1. The predicted molar refractivity (Wildman–Crippen MR) is 80.4 cm³/mol. The Morgan fingerprint density at radius 1 is 1.21 bits per heavy atom. The van der Waals surface area contributed by atoms with Gasteiger partial charge in [0.25, 0.3) is 8.32 Å². The third-order valence-electron chi connectivity index (χ3n) is 3.47. The number of aromatic hydroxyl groups is 1. The highest BCUT2D eigenvalue weighted by atomic mass is 28.4. The summed E-state index contributed by atoms with van der Waals surface area (Å²) in [4.78, 5) is 11.8. The topological polar surface area (TPSA) is 46.5 Å². The second kappa shape index (κ2) is 5.61. The van der Waals surface area contributed by atoms with E-state index >= 15 is 0 Å². The Morgan fingerprint density at radius 2 is 1.74 bits per heavy atom. The summed E-state index contributed by atoms with van der Waals surface area (Å²) >= 11 is 0. The molecule has 0 atom stereocenters. The van der Waals surface area contributed by atoms with Gasteiger partial charge in [-0.05, 0) is 41.9 Å². The summed E-state index contributed by atoms with van der Waals surface area (Å²) in [6.45, 7) is 10.4. The van der Waals surface area contributed by atoms with Crippen LogP contribution in [-0.2, 0) is 9.22 Å². The molecule has 1 N–H and O–H groups in total. The number of carbonyl (C=O) groups is 1. The molecule has 104 valence electrons. The van der Waals surface area contributed by atoms with E-state index in [2.05, 4.69) is 20.8 Å². The van der Waals surface area contributed by atoms with E-state index in [0.29, 0.717) is 0 Å². The molecule has 4 heteroatoms. The van der Waals surface area contributed by atoms with Crippen LogP contribution in [0.3, 0.4) is 0 Å². The van der Waals surface area contributed by atoms with Gasteiger partial charge in [0.15, 0.2) is 0 Å². The zero-order valence-electron chi connectivity index (χ0n) is 12.2. The zero-order valence-corrected chi connectivity index (χ0v) is 13.2. The molecule has 0 heterocycles. The Bertz CT molecular complexity index is 467. The highest BCUT2D eigenvalue weighted by molar-refractivity contribution is 6.75. The van der Waals surface area contributed by atoms with E-state index in [4.69, 9.17) is 9.53 Å². The van der Waals surface area contributed by atoms with E-state index in [1.807, 2.05) is 13.1 Å². The second-order valence-electron chi connectivity index (χ2n) is 6.11. The van der Waals surface area contributed by atoms with Crippen molar-refractivity contribution < 1.29 is 14.3 Å². The monoisotopic (exact) mass is 278 g/mol. The molecule has 1 aromatic rings. The number of benzene rings is 1. The molecule has 0 bridgehead atoms. The summed E-state index contributed by atoms with van der Waals surface area (Å²) in [7, 11) is -2.06. The van der Waals surface area contributed by atoms with Gasteiger partial charge in [-0.3, -0.25) is 0 Å². The fourth-order valence-corrected chi connectivity index (χ4v) is 2.07. The lowest BCUT2D eigenvalue weighted by Gasteiger charge is -2.34. The van der Waals surface area contributed by atoms with E-state index in [9.17, 15) is 4.79 Å². The number of phenols is 1. The van der Waals surface area contributed by atoms with Crippen molar-refractivity contribution >= 4 is 20.4 Å². The summed E-state index contributed by atoms with van der Waals surface area (Å²) in [6.07, 6.45) is 3.13. The second-order valence-corrected chi connectivity index (χ2v) is 10.8. The third-order valence-corrected chi connectivity index (χ3v) is 7.79. The van der Waals surface area contributed by atoms with Crippen molar-refractivity contribution in [1.29, 1.82) is 0 Å². The molecule has 19 heavy (non-hydrogen) atoms. The molecule has 0 aliphatic rings. The molecule has 3 nitrogen and oxygen atoms in total. The molecule has 0 amide bonds. The van der Waals surface area contributed by atoms with Crippen LogP contribution in [0, 0.1) is 0 Å².